The van der Waals surface area contributed by atoms with E-state index in [2.05, 4.69) is 29.4 Å². The molecule has 0 unspecified atom stereocenters. The van der Waals surface area contributed by atoms with Crippen molar-refractivity contribution in [1.82, 2.24) is 5.32 Å². The van der Waals surface area contributed by atoms with Crippen LogP contribution in [0.4, 0.5) is 0 Å². The molecule has 4 nitrogen and oxygen atoms in total. The number of benzene rings is 1. The molecule has 1 fully saturated rings. The van der Waals surface area contributed by atoms with Gasteiger partial charge in [-0.05, 0) is 49.3 Å². The van der Waals surface area contributed by atoms with Gasteiger partial charge in [0.15, 0.2) is 5.96 Å². The number of nitrogens with one attached hydrogen (secondary N) is 1. The third kappa shape index (κ3) is 7.90. The first-order valence-electron chi connectivity index (χ1n) is 8.53. The van der Waals surface area contributed by atoms with Crippen LogP contribution in [0.3, 0.4) is 0 Å². The molecular formula is C18H30IN3O. The Labute approximate surface area is 157 Å². The van der Waals surface area contributed by atoms with Gasteiger partial charge in [-0.1, -0.05) is 31.9 Å². The predicted molar refractivity (Wildman–Crippen MR) is 108 cm³/mol. The Balaban J connectivity index is 0.00000264. The maximum Gasteiger partial charge on any atom is 0.188 e. The van der Waals surface area contributed by atoms with Crippen molar-refractivity contribution in [2.45, 2.75) is 45.4 Å². The summed E-state index contributed by atoms with van der Waals surface area (Å²) in [6, 6.07) is 8.31. The van der Waals surface area contributed by atoms with E-state index in [4.69, 9.17) is 10.5 Å². The Kier molecular flexibility index (Phi) is 10.1. The second-order valence-corrected chi connectivity index (χ2v) is 6.05. The summed E-state index contributed by atoms with van der Waals surface area (Å²) in [5.41, 5.74) is 7.16. The first-order valence-corrected chi connectivity index (χ1v) is 8.53. The van der Waals surface area contributed by atoms with E-state index >= 15 is 0 Å². The summed E-state index contributed by atoms with van der Waals surface area (Å²) in [4.78, 5) is 4.40. The molecule has 1 aromatic carbocycles. The van der Waals surface area contributed by atoms with E-state index in [1.807, 2.05) is 12.1 Å². The summed E-state index contributed by atoms with van der Waals surface area (Å²) in [5.74, 6) is 2.29. The van der Waals surface area contributed by atoms with Crippen molar-refractivity contribution in [3.63, 3.8) is 0 Å². The average Bonchev–Trinajstić information content (AvgIpc) is 2.47. The van der Waals surface area contributed by atoms with Crippen molar-refractivity contribution in [3.8, 4) is 5.75 Å². The molecule has 2 rings (SSSR count). The quantitative estimate of drug-likeness (QED) is 0.271. The van der Waals surface area contributed by atoms with Gasteiger partial charge in [-0.15, -0.1) is 24.0 Å². The lowest BCUT2D eigenvalue weighted by Crippen LogP contribution is -2.34. The van der Waals surface area contributed by atoms with Gasteiger partial charge >= 0.3 is 0 Å². The summed E-state index contributed by atoms with van der Waals surface area (Å²) < 4.78 is 5.66. The predicted octanol–water partition coefficient (Wildman–Crippen LogP) is 3.73. The Morgan fingerprint density at radius 3 is 2.65 bits per heavy atom. The number of nitrogens with zero attached hydrogens (tertiary/aromatic N) is 1. The van der Waals surface area contributed by atoms with Crippen LogP contribution in [-0.4, -0.2) is 25.7 Å². The molecule has 1 aliphatic rings. The van der Waals surface area contributed by atoms with Crippen molar-refractivity contribution >= 4 is 29.9 Å². The number of rotatable bonds is 9. The largest absolute Gasteiger partial charge is 0.494 e. The minimum Gasteiger partial charge on any atom is -0.494 e. The van der Waals surface area contributed by atoms with E-state index in [-0.39, 0.29) is 24.0 Å². The van der Waals surface area contributed by atoms with Gasteiger partial charge in [-0.3, -0.25) is 4.99 Å². The van der Waals surface area contributed by atoms with Crippen LogP contribution in [0.15, 0.2) is 29.3 Å². The van der Waals surface area contributed by atoms with Crippen molar-refractivity contribution in [1.29, 1.82) is 0 Å². The third-order valence-electron chi connectivity index (χ3n) is 4.15. The Bertz CT molecular complexity index is 458. The molecule has 3 N–H and O–H groups in total. The zero-order valence-corrected chi connectivity index (χ0v) is 16.4. The van der Waals surface area contributed by atoms with E-state index in [9.17, 15) is 0 Å². The fourth-order valence-corrected chi connectivity index (χ4v) is 2.38. The maximum absolute atomic E-state index is 5.88. The summed E-state index contributed by atoms with van der Waals surface area (Å²) in [7, 11) is 0. The van der Waals surface area contributed by atoms with Crippen molar-refractivity contribution in [2.24, 2.45) is 16.6 Å². The number of halogens is 1. The zero-order chi connectivity index (χ0) is 15.6. The molecule has 0 spiro atoms. The molecule has 0 amide bonds. The fourth-order valence-electron chi connectivity index (χ4n) is 2.38. The van der Waals surface area contributed by atoms with Crippen LogP contribution in [0.2, 0.25) is 0 Å². The molecule has 1 aliphatic carbocycles. The van der Waals surface area contributed by atoms with Gasteiger partial charge < -0.3 is 15.8 Å². The smallest absolute Gasteiger partial charge is 0.188 e. The fraction of sp³-hybridized carbons (Fsp3) is 0.611. The van der Waals surface area contributed by atoms with E-state index in [1.165, 1.54) is 24.8 Å². The number of hydrogen-bond donors (Lipinski definition) is 2. The van der Waals surface area contributed by atoms with Crippen molar-refractivity contribution in [2.75, 3.05) is 19.7 Å². The molecule has 1 aromatic rings. The second-order valence-electron chi connectivity index (χ2n) is 6.05. The normalized spacial score (nSPS) is 14.7. The summed E-state index contributed by atoms with van der Waals surface area (Å²) >= 11 is 0. The van der Waals surface area contributed by atoms with Crippen molar-refractivity contribution in [3.05, 3.63) is 29.8 Å². The molecule has 130 valence electrons. The van der Waals surface area contributed by atoms with Crippen LogP contribution >= 0.6 is 24.0 Å². The molecule has 0 heterocycles. The number of aliphatic imine (C=N–C) groups is 1. The first kappa shape index (κ1) is 20.1. The minimum absolute atomic E-state index is 0. The lowest BCUT2D eigenvalue weighted by molar-refractivity contribution is 0.309. The molecule has 0 saturated heterocycles. The highest BCUT2D eigenvalue weighted by Crippen LogP contribution is 2.26. The summed E-state index contributed by atoms with van der Waals surface area (Å²) in [5, 5.41) is 3.19. The molecular weight excluding hydrogens is 401 g/mol. The van der Waals surface area contributed by atoms with Gasteiger partial charge in [0.05, 0.1) is 6.61 Å². The van der Waals surface area contributed by atoms with Crippen LogP contribution in [0.25, 0.3) is 0 Å². The second kappa shape index (κ2) is 11.5. The number of guanidine groups is 1. The van der Waals surface area contributed by atoms with Gasteiger partial charge in [0.2, 0.25) is 0 Å². The molecule has 0 aliphatic heterocycles. The van der Waals surface area contributed by atoms with Gasteiger partial charge in [0, 0.05) is 13.1 Å². The maximum atomic E-state index is 5.88. The molecule has 23 heavy (non-hydrogen) atoms. The van der Waals surface area contributed by atoms with Crippen LogP contribution in [0, 0.1) is 5.92 Å². The van der Waals surface area contributed by atoms with Crippen LogP contribution in [0.5, 0.6) is 5.75 Å². The van der Waals surface area contributed by atoms with Crippen molar-refractivity contribution < 1.29 is 4.74 Å². The van der Waals surface area contributed by atoms with E-state index in [1.54, 1.807) is 0 Å². The van der Waals surface area contributed by atoms with Crippen LogP contribution in [0.1, 0.15) is 44.6 Å². The number of hydrogen-bond acceptors (Lipinski definition) is 2. The first-order chi connectivity index (χ1) is 10.8. The number of nitrogens with two attached hydrogens (primary N) is 1. The van der Waals surface area contributed by atoms with Gasteiger partial charge in [-0.2, -0.15) is 0 Å². The van der Waals surface area contributed by atoms with Crippen LogP contribution in [-0.2, 0) is 6.42 Å². The molecule has 0 atom stereocenters. The van der Waals surface area contributed by atoms with E-state index in [0.717, 1.165) is 50.6 Å². The monoisotopic (exact) mass is 431 g/mol. The van der Waals surface area contributed by atoms with Gasteiger partial charge in [-0.25, -0.2) is 0 Å². The topological polar surface area (TPSA) is 59.6 Å². The summed E-state index contributed by atoms with van der Waals surface area (Å²) in [6.45, 7) is 4.66. The van der Waals surface area contributed by atoms with Gasteiger partial charge in [0.25, 0.3) is 0 Å². The average molecular weight is 431 g/mol. The highest BCUT2D eigenvalue weighted by molar-refractivity contribution is 14.0. The molecule has 1 saturated carbocycles. The molecule has 0 bridgehead atoms. The number of ether oxygens (including phenoxy) is 1. The standard InChI is InChI=1S/C18H29N3O.HI/c1-2-3-13-22-17-9-7-15(8-10-17)11-12-20-18(19)21-14-16-5-4-6-16;/h7-10,16H,2-6,11-14H2,1H3,(H3,19,20,21);1H. The minimum atomic E-state index is 0. The lowest BCUT2D eigenvalue weighted by Gasteiger charge is -2.23. The van der Waals surface area contributed by atoms with Gasteiger partial charge in [0.1, 0.15) is 5.75 Å². The number of unbranched alkanes of at least 4 members (excludes halogenated alkanes) is 1. The SMILES string of the molecule is CCCCOc1ccc(CCNC(N)=NCC2CCC2)cc1.I. The Hall–Kier alpha value is -0.980. The molecule has 0 aromatic heterocycles. The Morgan fingerprint density at radius 1 is 1.30 bits per heavy atom. The van der Waals surface area contributed by atoms with E-state index < -0.39 is 0 Å². The third-order valence-corrected chi connectivity index (χ3v) is 4.15. The van der Waals surface area contributed by atoms with Crippen LogP contribution < -0.4 is 15.8 Å². The summed E-state index contributed by atoms with van der Waals surface area (Å²) in [6.07, 6.45) is 7.17. The molecule has 5 heteroatoms. The van der Waals surface area contributed by atoms with E-state index in [0.29, 0.717) is 5.96 Å². The zero-order valence-electron chi connectivity index (χ0n) is 14.1. The highest BCUT2D eigenvalue weighted by atomic mass is 127. The highest BCUT2D eigenvalue weighted by Gasteiger charge is 2.16. The lowest BCUT2D eigenvalue weighted by atomic mass is 9.86. The Morgan fingerprint density at radius 2 is 2.04 bits per heavy atom. The molecule has 0 radical (unpaired) electrons.